The first-order valence-corrected chi connectivity index (χ1v) is 10.5. The van der Waals surface area contributed by atoms with Gasteiger partial charge in [-0.15, -0.1) is 0 Å². The van der Waals surface area contributed by atoms with Gasteiger partial charge in [-0.25, -0.2) is 4.39 Å². The molecule has 1 saturated heterocycles. The minimum Gasteiger partial charge on any atom is -0.482 e. The summed E-state index contributed by atoms with van der Waals surface area (Å²) in [6.45, 7) is 5.88. The molecule has 166 valence electrons. The van der Waals surface area contributed by atoms with Gasteiger partial charge in [0, 0.05) is 31.7 Å². The summed E-state index contributed by atoms with van der Waals surface area (Å²) < 4.78 is 18.7. The van der Waals surface area contributed by atoms with Gasteiger partial charge in [-0.3, -0.25) is 14.5 Å². The van der Waals surface area contributed by atoms with E-state index in [4.69, 9.17) is 21.4 Å². The topological polar surface area (TPSA) is 70.1 Å². The number of hydrogen-bond donors (Lipinski definition) is 1. The SMILES string of the molecule is CC1CN(C(=O)COc2ccc(CC(=O)O)cc2Cl)C(C)CN1Cc1ccc(F)cc1. The number of amides is 1. The monoisotopic (exact) mass is 448 g/mol. The smallest absolute Gasteiger partial charge is 0.307 e. The molecule has 2 unspecified atom stereocenters. The van der Waals surface area contributed by atoms with E-state index in [2.05, 4.69) is 11.8 Å². The fourth-order valence-electron chi connectivity index (χ4n) is 3.76. The zero-order valence-corrected chi connectivity index (χ0v) is 18.3. The highest BCUT2D eigenvalue weighted by Gasteiger charge is 2.32. The third kappa shape index (κ3) is 6.18. The van der Waals surface area contributed by atoms with Crippen molar-refractivity contribution in [2.45, 2.75) is 38.9 Å². The maximum atomic E-state index is 13.1. The van der Waals surface area contributed by atoms with Gasteiger partial charge in [-0.2, -0.15) is 0 Å². The molecule has 0 spiro atoms. The number of ether oxygens (including phenoxy) is 1. The molecular weight excluding hydrogens is 423 g/mol. The van der Waals surface area contributed by atoms with Crippen molar-refractivity contribution in [3.05, 3.63) is 64.4 Å². The summed E-state index contributed by atoms with van der Waals surface area (Å²) in [4.78, 5) is 27.7. The molecule has 0 aromatic heterocycles. The summed E-state index contributed by atoms with van der Waals surface area (Å²) in [5.41, 5.74) is 1.60. The average molecular weight is 449 g/mol. The Morgan fingerprint density at radius 1 is 1.10 bits per heavy atom. The second kappa shape index (κ2) is 10.1. The Balaban J connectivity index is 1.55. The van der Waals surface area contributed by atoms with E-state index >= 15 is 0 Å². The van der Waals surface area contributed by atoms with Crippen LogP contribution in [0.5, 0.6) is 5.75 Å². The highest BCUT2D eigenvalue weighted by molar-refractivity contribution is 6.32. The third-order valence-corrected chi connectivity index (χ3v) is 5.73. The predicted molar refractivity (Wildman–Crippen MR) is 116 cm³/mol. The van der Waals surface area contributed by atoms with Gasteiger partial charge >= 0.3 is 5.97 Å². The van der Waals surface area contributed by atoms with Gasteiger partial charge in [-0.1, -0.05) is 29.8 Å². The van der Waals surface area contributed by atoms with Crippen molar-refractivity contribution in [2.75, 3.05) is 19.7 Å². The molecule has 1 heterocycles. The summed E-state index contributed by atoms with van der Waals surface area (Å²) in [5.74, 6) is -0.981. The summed E-state index contributed by atoms with van der Waals surface area (Å²) in [5, 5.41) is 9.14. The highest BCUT2D eigenvalue weighted by atomic mass is 35.5. The number of carboxylic acids is 1. The lowest BCUT2D eigenvalue weighted by molar-refractivity contribution is -0.139. The van der Waals surface area contributed by atoms with Crippen molar-refractivity contribution in [1.29, 1.82) is 0 Å². The van der Waals surface area contributed by atoms with Gasteiger partial charge in [0.05, 0.1) is 11.4 Å². The minimum absolute atomic E-state index is 0.00108. The number of carbonyl (C=O) groups excluding carboxylic acids is 1. The molecule has 0 aliphatic carbocycles. The van der Waals surface area contributed by atoms with Crippen molar-refractivity contribution in [1.82, 2.24) is 9.80 Å². The fraction of sp³-hybridized carbons (Fsp3) is 0.391. The molecule has 6 nitrogen and oxygen atoms in total. The fourth-order valence-corrected chi connectivity index (χ4v) is 4.02. The lowest BCUT2D eigenvalue weighted by Crippen LogP contribution is -2.58. The first-order chi connectivity index (χ1) is 14.7. The summed E-state index contributed by atoms with van der Waals surface area (Å²) >= 11 is 6.17. The molecule has 1 aliphatic heterocycles. The molecule has 8 heteroatoms. The highest BCUT2D eigenvalue weighted by Crippen LogP contribution is 2.26. The number of hydrogen-bond acceptors (Lipinski definition) is 4. The van der Waals surface area contributed by atoms with Crippen LogP contribution in [-0.2, 0) is 22.6 Å². The molecule has 1 N–H and O–H groups in total. The van der Waals surface area contributed by atoms with Crippen molar-refractivity contribution < 1.29 is 23.8 Å². The van der Waals surface area contributed by atoms with Crippen LogP contribution in [0, 0.1) is 5.82 Å². The van der Waals surface area contributed by atoms with E-state index in [1.165, 1.54) is 18.2 Å². The third-order valence-electron chi connectivity index (χ3n) is 5.44. The van der Waals surface area contributed by atoms with Crippen LogP contribution in [0.25, 0.3) is 0 Å². The van der Waals surface area contributed by atoms with Crippen molar-refractivity contribution in [3.63, 3.8) is 0 Å². The van der Waals surface area contributed by atoms with Gasteiger partial charge in [-0.05, 0) is 49.2 Å². The van der Waals surface area contributed by atoms with Crippen LogP contribution >= 0.6 is 11.6 Å². The maximum absolute atomic E-state index is 13.1. The first kappa shape index (κ1) is 23.0. The Morgan fingerprint density at radius 2 is 1.77 bits per heavy atom. The number of benzene rings is 2. The molecule has 3 rings (SSSR count). The number of nitrogens with zero attached hydrogens (tertiary/aromatic N) is 2. The maximum Gasteiger partial charge on any atom is 0.307 e. The molecule has 2 aromatic rings. The average Bonchev–Trinajstić information content (AvgIpc) is 2.71. The van der Waals surface area contributed by atoms with Crippen LogP contribution < -0.4 is 4.74 Å². The normalized spacial score (nSPS) is 19.3. The lowest BCUT2D eigenvalue weighted by Gasteiger charge is -2.44. The van der Waals surface area contributed by atoms with Gasteiger partial charge in [0.15, 0.2) is 6.61 Å². The first-order valence-electron chi connectivity index (χ1n) is 10.1. The molecule has 0 saturated carbocycles. The molecule has 1 amide bonds. The Labute approximate surface area is 186 Å². The van der Waals surface area contributed by atoms with Crippen LogP contribution in [-0.4, -0.2) is 58.6 Å². The summed E-state index contributed by atoms with van der Waals surface area (Å²) in [6, 6.07) is 11.4. The Bertz CT molecular complexity index is 938. The number of rotatable bonds is 7. The van der Waals surface area contributed by atoms with E-state index in [1.54, 1.807) is 29.2 Å². The molecule has 1 aliphatic rings. The number of carboxylic acid groups (broad SMARTS) is 1. The molecule has 31 heavy (non-hydrogen) atoms. The zero-order chi connectivity index (χ0) is 22.5. The van der Waals surface area contributed by atoms with Crippen LogP contribution in [0.4, 0.5) is 4.39 Å². The Kier molecular flexibility index (Phi) is 7.51. The summed E-state index contributed by atoms with van der Waals surface area (Å²) in [6.07, 6.45) is -0.128. The Hall–Kier alpha value is -2.64. The van der Waals surface area contributed by atoms with E-state index in [9.17, 15) is 14.0 Å². The lowest BCUT2D eigenvalue weighted by atomic mass is 10.1. The molecule has 0 radical (unpaired) electrons. The van der Waals surface area contributed by atoms with Crippen molar-refractivity contribution >= 4 is 23.5 Å². The second-order valence-corrected chi connectivity index (χ2v) is 8.33. The summed E-state index contributed by atoms with van der Waals surface area (Å²) in [7, 11) is 0. The van der Waals surface area contributed by atoms with Gasteiger partial charge in [0.1, 0.15) is 11.6 Å². The predicted octanol–water partition coefficient (Wildman–Crippen LogP) is 3.61. The van der Waals surface area contributed by atoms with Crippen LogP contribution in [0.2, 0.25) is 5.02 Å². The number of aliphatic carboxylic acids is 1. The van der Waals surface area contributed by atoms with E-state index in [0.717, 1.165) is 5.56 Å². The van der Waals surface area contributed by atoms with E-state index in [0.29, 0.717) is 30.9 Å². The Morgan fingerprint density at radius 3 is 2.42 bits per heavy atom. The number of halogens is 2. The van der Waals surface area contributed by atoms with Crippen LogP contribution in [0.15, 0.2) is 42.5 Å². The quantitative estimate of drug-likeness (QED) is 0.700. The van der Waals surface area contributed by atoms with E-state index in [-0.39, 0.29) is 41.9 Å². The molecular formula is C23H26ClFN2O4. The van der Waals surface area contributed by atoms with E-state index in [1.807, 2.05) is 6.92 Å². The van der Waals surface area contributed by atoms with Gasteiger partial charge < -0.3 is 14.7 Å². The largest absolute Gasteiger partial charge is 0.482 e. The number of piperazine rings is 1. The van der Waals surface area contributed by atoms with Gasteiger partial charge in [0.25, 0.3) is 5.91 Å². The second-order valence-electron chi connectivity index (χ2n) is 7.92. The zero-order valence-electron chi connectivity index (χ0n) is 17.6. The molecule has 2 atom stereocenters. The van der Waals surface area contributed by atoms with Crippen LogP contribution in [0.1, 0.15) is 25.0 Å². The van der Waals surface area contributed by atoms with Crippen molar-refractivity contribution in [2.24, 2.45) is 0 Å². The molecule has 1 fully saturated rings. The van der Waals surface area contributed by atoms with Crippen molar-refractivity contribution in [3.8, 4) is 5.75 Å². The molecule has 0 bridgehead atoms. The standard InChI is InChI=1S/C23H26ClFN2O4/c1-15-12-27(16(2)11-26(15)13-17-3-6-19(25)7-4-17)22(28)14-31-21-8-5-18(9-20(21)24)10-23(29)30/h3-9,15-16H,10-14H2,1-2H3,(H,29,30). The van der Waals surface area contributed by atoms with E-state index < -0.39 is 5.97 Å². The van der Waals surface area contributed by atoms with Gasteiger partial charge in [0.2, 0.25) is 0 Å². The van der Waals surface area contributed by atoms with Crippen LogP contribution in [0.3, 0.4) is 0 Å². The molecule has 2 aromatic carbocycles. The number of carbonyl (C=O) groups is 2. The minimum atomic E-state index is -0.943.